The lowest BCUT2D eigenvalue weighted by Gasteiger charge is -2.18. The van der Waals surface area contributed by atoms with Crippen molar-refractivity contribution >= 4 is 11.5 Å². The molecule has 5 heteroatoms. The summed E-state index contributed by atoms with van der Waals surface area (Å²) in [5, 5.41) is 13.0. The number of fused-ring (bicyclic) bond motifs is 1. The van der Waals surface area contributed by atoms with Crippen LogP contribution in [0.25, 0.3) is 5.65 Å². The Balaban J connectivity index is 1.84. The molecule has 0 aliphatic rings. The van der Waals surface area contributed by atoms with Crippen molar-refractivity contribution in [1.82, 2.24) is 14.6 Å². The first-order valence-corrected chi connectivity index (χ1v) is 6.27. The van der Waals surface area contributed by atoms with Crippen LogP contribution in [0.2, 0.25) is 0 Å². The van der Waals surface area contributed by atoms with E-state index in [1.54, 1.807) is 16.8 Å². The number of nitriles is 1. The molecule has 0 bridgehead atoms. The van der Waals surface area contributed by atoms with Crippen LogP contribution in [0.3, 0.4) is 0 Å². The van der Waals surface area contributed by atoms with Gasteiger partial charge in [-0.3, -0.25) is 0 Å². The van der Waals surface area contributed by atoms with E-state index in [1.165, 1.54) is 0 Å². The van der Waals surface area contributed by atoms with Gasteiger partial charge in [-0.2, -0.15) is 10.4 Å². The molecule has 2 aromatic heterocycles. The Kier molecular flexibility index (Phi) is 3.05. The molecule has 98 valence electrons. The van der Waals surface area contributed by atoms with Crippen LogP contribution in [0.1, 0.15) is 11.1 Å². The predicted molar refractivity (Wildman–Crippen MR) is 76.3 cm³/mol. The van der Waals surface area contributed by atoms with E-state index in [0.717, 1.165) is 17.0 Å². The number of nitrogens with zero attached hydrogens (tertiary/aromatic N) is 5. The summed E-state index contributed by atoms with van der Waals surface area (Å²) in [6.07, 6.45) is 3.61. The Morgan fingerprint density at radius 2 is 2.20 bits per heavy atom. The summed E-state index contributed by atoms with van der Waals surface area (Å²) in [7, 11) is 1.98. The van der Waals surface area contributed by atoms with Crippen molar-refractivity contribution in [3.63, 3.8) is 0 Å². The molecule has 3 rings (SSSR count). The fraction of sp³-hybridized carbons (Fsp3) is 0.133. The summed E-state index contributed by atoms with van der Waals surface area (Å²) in [5.74, 6) is 0.875. The molecule has 0 saturated heterocycles. The zero-order chi connectivity index (χ0) is 13.9. The average molecular weight is 263 g/mol. The zero-order valence-corrected chi connectivity index (χ0v) is 11.1. The maximum Gasteiger partial charge on any atom is 0.157 e. The molecule has 0 fully saturated rings. The number of anilines is 1. The van der Waals surface area contributed by atoms with Gasteiger partial charge in [-0.1, -0.05) is 12.1 Å². The molecule has 2 heterocycles. The van der Waals surface area contributed by atoms with Crippen molar-refractivity contribution in [3.8, 4) is 6.07 Å². The Morgan fingerprint density at radius 1 is 1.30 bits per heavy atom. The second-order valence-corrected chi connectivity index (χ2v) is 4.59. The highest BCUT2D eigenvalue weighted by Gasteiger charge is 2.05. The molecule has 0 radical (unpaired) electrons. The van der Waals surface area contributed by atoms with Gasteiger partial charge in [0.2, 0.25) is 0 Å². The summed E-state index contributed by atoms with van der Waals surface area (Å²) in [6.45, 7) is 0.701. The van der Waals surface area contributed by atoms with E-state index in [0.29, 0.717) is 12.1 Å². The van der Waals surface area contributed by atoms with E-state index in [4.69, 9.17) is 5.26 Å². The molecule has 0 N–H and O–H groups in total. The summed E-state index contributed by atoms with van der Waals surface area (Å²) in [6, 6.07) is 13.6. The topological polar surface area (TPSA) is 57.2 Å². The van der Waals surface area contributed by atoms with Crippen LogP contribution in [0, 0.1) is 11.3 Å². The maximum atomic E-state index is 8.92. The summed E-state index contributed by atoms with van der Waals surface area (Å²) in [4.78, 5) is 6.58. The Labute approximate surface area is 116 Å². The highest BCUT2D eigenvalue weighted by atomic mass is 15.3. The van der Waals surface area contributed by atoms with Crippen molar-refractivity contribution in [3.05, 3.63) is 59.9 Å². The van der Waals surface area contributed by atoms with Crippen molar-refractivity contribution < 1.29 is 0 Å². The third-order valence-corrected chi connectivity index (χ3v) is 3.11. The maximum absolute atomic E-state index is 8.92. The van der Waals surface area contributed by atoms with Crippen LogP contribution in [-0.4, -0.2) is 21.6 Å². The number of benzene rings is 1. The van der Waals surface area contributed by atoms with Gasteiger partial charge in [0.15, 0.2) is 5.65 Å². The molecule has 0 atom stereocenters. The molecule has 0 aliphatic carbocycles. The van der Waals surface area contributed by atoms with Crippen LogP contribution in [-0.2, 0) is 6.54 Å². The molecule has 20 heavy (non-hydrogen) atoms. The first-order chi connectivity index (χ1) is 9.76. The second-order valence-electron chi connectivity index (χ2n) is 4.59. The molecule has 1 aromatic carbocycles. The summed E-state index contributed by atoms with van der Waals surface area (Å²) in [5.41, 5.74) is 2.58. The van der Waals surface area contributed by atoms with Gasteiger partial charge in [-0.15, -0.1) is 0 Å². The van der Waals surface area contributed by atoms with Crippen LogP contribution < -0.4 is 4.90 Å². The minimum Gasteiger partial charge on any atom is -0.355 e. The summed E-state index contributed by atoms with van der Waals surface area (Å²) >= 11 is 0. The van der Waals surface area contributed by atoms with E-state index < -0.39 is 0 Å². The molecule has 3 aromatic rings. The second kappa shape index (κ2) is 5.02. The van der Waals surface area contributed by atoms with Gasteiger partial charge in [-0.25, -0.2) is 9.50 Å². The van der Waals surface area contributed by atoms with Crippen LogP contribution in [0.15, 0.2) is 48.8 Å². The molecule has 5 nitrogen and oxygen atoms in total. The van der Waals surface area contributed by atoms with Crippen LogP contribution in [0.4, 0.5) is 5.82 Å². The molecule has 0 spiro atoms. The number of rotatable bonds is 3. The number of hydrogen-bond acceptors (Lipinski definition) is 4. The predicted octanol–water partition coefficient (Wildman–Crippen LogP) is 2.24. The smallest absolute Gasteiger partial charge is 0.157 e. The zero-order valence-electron chi connectivity index (χ0n) is 11.1. The fourth-order valence-corrected chi connectivity index (χ4v) is 2.11. The van der Waals surface area contributed by atoms with Crippen molar-refractivity contribution in [1.29, 1.82) is 5.26 Å². The highest BCUT2D eigenvalue weighted by molar-refractivity contribution is 5.47. The largest absolute Gasteiger partial charge is 0.355 e. The van der Waals surface area contributed by atoms with Gasteiger partial charge in [0.1, 0.15) is 5.82 Å². The lowest BCUT2D eigenvalue weighted by atomic mass is 10.1. The molecule has 0 unspecified atom stereocenters. The molecule has 0 amide bonds. The fourth-order valence-electron chi connectivity index (χ4n) is 2.11. The van der Waals surface area contributed by atoms with Gasteiger partial charge in [0, 0.05) is 25.9 Å². The number of aromatic nitrogens is 3. The molecular weight excluding hydrogens is 250 g/mol. The SMILES string of the molecule is CN(Cc1cccc(C#N)c1)c1ccn2nccc2n1. The third kappa shape index (κ3) is 2.31. The van der Waals surface area contributed by atoms with Crippen molar-refractivity contribution in [2.24, 2.45) is 0 Å². The quantitative estimate of drug-likeness (QED) is 0.727. The monoisotopic (exact) mass is 263 g/mol. The lowest BCUT2D eigenvalue weighted by Crippen LogP contribution is -2.18. The molecule has 0 saturated carbocycles. The first kappa shape index (κ1) is 12.2. The standard InChI is InChI=1S/C15H13N5/c1-19(11-13-4-2-3-12(9-13)10-16)14-6-8-20-15(18-14)5-7-17-20/h2-9H,11H2,1H3. The highest BCUT2D eigenvalue weighted by Crippen LogP contribution is 2.14. The van der Waals surface area contributed by atoms with Gasteiger partial charge < -0.3 is 4.90 Å². The van der Waals surface area contributed by atoms with E-state index in [9.17, 15) is 0 Å². The van der Waals surface area contributed by atoms with Crippen LogP contribution in [0.5, 0.6) is 0 Å². The Hall–Kier alpha value is -2.87. The van der Waals surface area contributed by atoms with E-state index in [-0.39, 0.29) is 0 Å². The van der Waals surface area contributed by atoms with E-state index >= 15 is 0 Å². The Bertz CT molecular complexity index is 784. The first-order valence-electron chi connectivity index (χ1n) is 6.27. The minimum atomic E-state index is 0.676. The van der Waals surface area contributed by atoms with Gasteiger partial charge >= 0.3 is 0 Å². The average Bonchev–Trinajstić information content (AvgIpc) is 2.94. The molecule has 0 aliphatic heterocycles. The van der Waals surface area contributed by atoms with E-state index in [1.807, 2.05) is 48.5 Å². The normalized spacial score (nSPS) is 10.4. The molecular formula is C15H13N5. The third-order valence-electron chi connectivity index (χ3n) is 3.11. The minimum absolute atomic E-state index is 0.676. The summed E-state index contributed by atoms with van der Waals surface area (Å²) < 4.78 is 1.73. The van der Waals surface area contributed by atoms with Gasteiger partial charge in [-0.05, 0) is 23.8 Å². The Morgan fingerprint density at radius 3 is 3.05 bits per heavy atom. The van der Waals surface area contributed by atoms with Gasteiger partial charge in [0.05, 0.1) is 17.8 Å². The van der Waals surface area contributed by atoms with Crippen molar-refractivity contribution in [2.45, 2.75) is 6.54 Å². The van der Waals surface area contributed by atoms with Crippen molar-refractivity contribution in [2.75, 3.05) is 11.9 Å². The van der Waals surface area contributed by atoms with Crippen LogP contribution >= 0.6 is 0 Å². The van der Waals surface area contributed by atoms with Gasteiger partial charge in [0.25, 0.3) is 0 Å². The van der Waals surface area contributed by atoms with E-state index in [2.05, 4.69) is 16.2 Å². The lowest BCUT2D eigenvalue weighted by molar-refractivity contribution is 0.877. The number of hydrogen-bond donors (Lipinski definition) is 0.